The van der Waals surface area contributed by atoms with Gasteiger partial charge < -0.3 is 14.9 Å². The molecule has 0 spiro atoms. The zero-order valence-electron chi connectivity index (χ0n) is 22.4. The lowest BCUT2D eigenvalue weighted by Crippen LogP contribution is -2.47. The summed E-state index contributed by atoms with van der Waals surface area (Å²) in [4.78, 5) is 45.4. The minimum atomic E-state index is -4.81. The molecule has 2 amide bonds. The number of amides is 2. The number of halogens is 7. The number of fused-ring (bicyclic) bond motifs is 3. The van der Waals surface area contributed by atoms with Crippen molar-refractivity contribution in [2.75, 3.05) is 6.54 Å². The topological polar surface area (TPSA) is 109 Å². The molecule has 228 valence electrons. The molecule has 3 atom stereocenters. The van der Waals surface area contributed by atoms with Gasteiger partial charge in [0.25, 0.3) is 11.8 Å². The number of aliphatic carboxylic acids is 1. The summed E-state index contributed by atoms with van der Waals surface area (Å²) in [6, 6.07) is 1.85. The van der Waals surface area contributed by atoms with Crippen LogP contribution in [0.3, 0.4) is 0 Å². The van der Waals surface area contributed by atoms with E-state index in [9.17, 15) is 45.8 Å². The van der Waals surface area contributed by atoms with Crippen LogP contribution in [0.25, 0.3) is 0 Å². The third-order valence-electron chi connectivity index (χ3n) is 7.66. The SMILES string of the molecule is C[C@@H]1Cc2nn3c(c2CN1C(=O)c1ccc(Cl)c(C(F)(F)F)c1)C(=O)N([C@@H](C)c1ccc(C(F)(F)F)nc1)C[C@H]3C(=O)O. The summed E-state index contributed by atoms with van der Waals surface area (Å²) >= 11 is 5.70. The van der Waals surface area contributed by atoms with E-state index in [0.717, 1.165) is 35.1 Å². The van der Waals surface area contributed by atoms with Crippen LogP contribution < -0.4 is 0 Å². The first kappa shape index (κ1) is 30.3. The third-order valence-corrected chi connectivity index (χ3v) is 7.99. The van der Waals surface area contributed by atoms with Crippen LogP contribution in [0, 0.1) is 0 Å². The molecule has 0 bridgehead atoms. The fourth-order valence-corrected chi connectivity index (χ4v) is 5.55. The first-order valence-corrected chi connectivity index (χ1v) is 13.2. The second kappa shape index (κ2) is 10.5. The van der Waals surface area contributed by atoms with Gasteiger partial charge in [0.2, 0.25) is 0 Å². The van der Waals surface area contributed by atoms with Gasteiger partial charge in [-0.25, -0.2) is 9.48 Å². The molecule has 2 aliphatic heterocycles. The highest BCUT2D eigenvalue weighted by Gasteiger charge is 2.44. The Morgan fingerprint density at radius 3 is 2.37 bits per heavy atom. The molecule has 9 nitrogen and oxygen atoms in total. The molecule has 0 unspecified atom stereocenters. The highest BCUT2D eigenvalue weighted by atomic mass is 35.5. The molecular weight excluding hydrogens is 608 g/mol. The van der Waals surface area contributed by atoms with E-state index in [1.807, 2.05) is 0 Å². The molecule has 0 aliphatic carbocycles. The smallest absolute Gasteiger partial charge is 0.433 e. The number of nitrogens with zero attached hydrogens (tertiary/aromatic N) is 5. The van der Waals surface area contributed by atoms with Crippen LogP contribution in [-0.4, -0.2) is 60.0 Å². The lowest BCUT2D eigenvalue weighted by molar-refractivity contribution is -0.142. The van der Waals surface area contributed by atoms with Gasteiger partial charge in [0.15, 0.2) is 6.04 Å². The molecule has 4 heterocycles. The normalized spacial score (nSPS) is 19.6. The van der Waals surface area contributed by atoms with E-state index >= 15 is 0 Å². The third kappa shape index (κ3) is 5.41. The number of carbonyl (C=O) groups is 3. The van der Waals surface area contributed by atoms with Gasteiger partial charge in [0.1, 0.15) is 11.4 Å². The van der Waals surface area contributed by atoms with E-state index in [1.54, 1.807) is 6.92 Å². The summed E-state index contributed by atoms with van der Waals surface area (Å²) in [5, 5.41) is 13.8. The number of rotatable bonds is 4. The second-order valence-corrected chi connectivity index (χ2v) is 10.8. The van der Waals surface area contributed by atoms with Gasteiger partial charge in [0.05, 0.1) is 35.4 Å². The van der Waals surface area contributed by atoms with Crippen LogP contribution in [0.5, 0.6) is 0 Å². The van der Waals surface area contributed by atoms with Crippen molar-refractivity contribution in [3.8, 4) is 0 Å². The number of pyridine rings is 1. The number of carboxylic acid groups (broad SMARTS) is 1. The average Bonchev–Trinajstić information content (AvgIpc) is 3.29. The highest BCUT2D eigenvalue weighted by molar-refractivity contribution is 6.31. The van der Waals surface area contributed by atoms with Crippen LogP contribution in [-0.2, 0) is 30.1 Å². The average molecular weight is 630 g/mol. The molecule has 2 aromatic heterocycles. The minimum Gasteiger partial charge on any atom is -0.480 e. The van der Waals surface area contributed by atoms with Crippen LogP contribution in [0.15, 0.2) is 36.5 Å². The van der Waals surface area contributed by atoms with Gasteiger partial charge in [-0.2, -0.15) is 31.4 Å². The maximum absolute atomic E-state index is 13.8. The molecule has 16 heteroatoms. The number of hydrogen-bond acceptors (Lipinski definition) is 5. The van der Waals surface area contributed by atoms with Crippen LogP contribution in [0.4, 0.5) is 26.3 Å². The predicted octanol–water partition coefficient (Wildman–Crippen LogP) is 5.40. The van der Waals surface area contributed by atoms with Gasteiger partial charge in [-0.3, -0.25) is 14.6 Å². The van der Waals surface area contributed by atoms with Crippen LogP contribution in [0.1, 0.15) is 74.9 Å². The van der Waals surface area contributed by atoms with E-state index in [2.05, 4.69) is 10.1 Å². The van der Waals surface area contributed by atoms with Crippen molar-refractivity contribution in [2.45, 2.75) is 57.3 Å². The first-order chi connectivity index (χ1) is 20.0. The molecule has 1 N–H and O–H groups in total. The number of benzene rings is 1. The molecule has 0 saturated heterocycles. The van der Waals surface area contributed by atoms with Crippen molar-refractivity contribution in [3.63, 3.8) is 0 Å². The fourth-order valence-electron chi connectivity index (χ4n) is 5.33. The maximum Gasteiger partial charge on any atom is 0.433 e. The fraction of sp³-hybridized carbons (Fsp3) is 0.370. The van der Waals surface area contributed by atoms with Gasteiger partial charge in [-0.15, -0.1) is 0 Å². The molecule has 43 heavy (non-hydrogen) atoms. The van der Waals surface area contributed by atoms with E-state index < -0.39 is 64.5 Å². The van der Waals surface area contributed by atoms with Crippen LogP contribution in [0.2, 0.25) is 5.02 Å². The number of carboxylic acids is 1. The Kier molecular flexibility index (Phi) is 7.43. The molecule has 0 saturated carbocycles. The standard InChI is InChI=1S/C27H22ClF6N5O4/c1-12-7-19-16(10-37(12)23(40)14-3-5-18(28)17(8-14)26(29,30)31)22-24(41)38(11-20(25(42)43)39(22)36-19)13(2)15-4-6-21(35-9-15)27(32,33)34/h3-6,8-9,12-13,20H,7,10-11H2,1-2H3,(H,42,43)/t12-,13+,20+/m1/s1. The monoisotopic (exact) mass is 629 g/mol. The summed E-state index contributed by atoms with van der Waals surface area (Å²) in [6.07, 6.45) is -8.44. The van der Waals surface area contributed by atoms with E-state index in [0.29, 0.717) is 11.8 Å². The van der Waals surface area contributed by atoms with Crippen molar-refractivity contribution in [3.05, 3.63) is 80.9 Å². The number of alkyl halides is 6. The molecular formula is C27H22ClF6N5O4. The molecule has 5 rings (SSSR count). The Hall–Kier alpha value is -4.14. The Morgan fingerprint density at radius 2 is 1.79 bits per heavy atom. The minimum absolute atomic E-state index is 0.0821. The van der Waals surface area contributed by atoms with Crippen molar-refractivity contribution in [1.82, 2.24) is 24.6 Å². The van der Waals surface area contributed by atoms with Gasteiger partial charge in [-0.1, -0.05) is 17.7 Å². The lowest BCUT2D eigenvalue weighted by atomic mass is 9.96. The van der Waals surface area contributed by atoms with Gasteiger partial charge >= 0.3 is 18.3 Å². The van der Waals surface area contributed by atoms with Crippen molar-refractivity contribution < 1.29 is 45.8 Å². The Morgan fingerprint density at radius 1 is 1.09 bits per heavy atom. The molecule has 2 aliphatic rings. The largest absolute Gasteiger partial charge is 0.480 e. The number of aromatic nitrogens is 3. The van der Waals surface area contributed by atoms with E-state index in [4.69, 9.17) is 11.6 Å². The second-order valence-electron chi connectivity index (χ2n) is 10.4. The predicted molar refractivity (Wildman–Crippen MR) is 137 cm³/mol. The van der Waals surface area contributed by atoms with Gasteiger partial charge in [0, 0.05) is 29.8 Å². The molecule has 0 fully saturated rings. The van der Waals surface area contributed by atoms with Crippen molar-refractivity contribution >= 4 is 29.4 Å². The quantitative estimate of drug-likeness (QED) is 0.387. The summed E-state index contributed by atoms with van der Waals surface area (Å²) in [7, 11) is 0. The zero-order valence-corrected chi connectivity index (χ0v) is 23.1. The zero-order chi connectivity index (χ0) is 31.6. The summed E-state index contributed by atoms with van der Waals surface area (Å²) in [5.41, 5.74) is -1.92. The molecule has 1 aromatic carbocycles. The summed E-state index contributed by atoms with van der Waals surface area (Å²) < 4.78 is 80.3. The molecule has 3 aromatic rings. The maximum atomic E-state index is 13.8. The van der Waals surface area contributed by atoms with Crippen LogP contribution >= 0.6 is 11.6 Å². The van der Waals surface area contributed by atoms with Crippen molar-refractivity contribution in [1.29, 1.82) is 0 Å². The van der Waals surface area contributed by atoms with Crippen molar-refractivity contribution in [2.24, 2.45) is 0 Å². The highest BCUT2D eigenvalue weighted by Crippen LogP contribution is 2.38. The Balaban J connectivity index is 1.50. The molecule has 0 radical (unpaired) electrons. The number of hydrogen-bond donors (Lipinski definition) is 1. The summed E-state index contributed by atoms with van der Waals surface area (Å²) in [6.45, 7) is 2.54. The first-order valence-electron chi connectivity index (χ1n) is 12.8. The summed E-state index contributed by atoms with van der Waals surface area (Å²) in [5.74, 6) is -2.76. The Bertz CT molecular complexity index is 1620. The number of carbonyl (C=O) groups excluding carboxylic acids is 2. The van der Waals surface area contributed by atoms with Gasteiger partial charge in [-0.05, 0) is 43.7 Å². The van der Waals surface area contributed by atoms with E-state index in [-0.39, 0.29) is 41.9 Å². The van der Waals surface area contributed by atoms with E-state index in [1.165, 1.54) is 16.7 Å². The lowest BCUT2D eigenvalue weighted by Gasteiger charge is -2.37. The Labute approximate surface area is 244 Å².